The molecular formula is C38H46O4. The topological polar surface area (TPSA) is 36.9 Å². The van der Waals surface area contributed by atoms with Crippen molar-refractivity contribution in [1.29, 1.82) is 0 Å². The van der Waals surface area contributed by atoms with Gasteiger partial charge >= 0.3 is 0 Å². The lowest BCUT2D eigenvalue weighted by Gasteiger charge is -2.08. The lowest BCUT2D eigenvalue weighted by molar-refractivity contribution is 0.303. The molecule has 0 saturated heterocycles. The van der Waals surface area contributed by atoms with Gasteiger partial charge in [0.15, 0.2) is 0 Å². The van der Waals surface area contributed by atoms with Gasteiger partial charge in [0, 0.05) is 0 Å². The van der Waals surface area contributed by atoms with Crippen LogP contribution in [0.5, 0.6) is 23.0 Å². The van der Waals surface area contributed by atoms with Crippen molar-refractivity contribution in [3.8, 4) is 45.3 Å². The SMILES string of the molecule is COc1ccc(-c2ccc(OCCCCCCCCCCCCOc3ccc(-c4ccc(OC)cc4)cc3)cc2)cc1. The Balaban J connectivity index is 0.948. The maximum Gasteiger partial charge on any atom is 0.119 e. The van der Waals surface area contributed by atoms with E-state index in [-0.39, 0.29) is 0 Å². The van der Waals surface area contributed by atoms with E-state index in [2.05, 4.69) is 72.8 Å². The van der Waals surface area contributed by atoms with E-state index >= 15 is 0 Å². The van der Waals surface area contributed by atoms with Crippen LogP contribution in [0.4, 0.5) is 0 Å². The fourth-order valence-corrected chi connectivity index (χ4v) is 5.05. The van der Waals surface area contributed by atoms with Gasteiger partial charge in [0.1, 0.15) is 23.0 Å². The maximum absolute atomic E-state index is 5.95. The lowest BCUT2D eigenvalue weighted by Crippen LogP contribution is -1.97. The van der Waals surface area contributed by atoms with Crippen LogP contribution in [0.15, 0.2) is 97.1 Å². The highest BCUT2D eigenvalue weighted by molar-refractivity contribution is 5.65. The van der Waals surface area contributed by atoms with Gasteiger partial charge in [0.05, 0.1) is 27.4 Å². The van der Waals surface area contributed by atoms with Gasteiger partial charge < -0.3 is 18.9 Å². The van der Waals surface area contributed by atoms with Gasteiger partial charge in [-0.3, -0.25) is 0 Å². The van der Waals surface area contributed by atoms with Crippen LogP contribution < -0.4 is 18.9 Å². The largest absolute Gasteiger partial charge is 0.497 e. The maximum atomic E-state index is 5.95. The minimum Gasteiger partial charge on any atom is -0.497 e. The van der Waals surface area contributed by atoms with Crippen LogP contribution in [-0.4, -0.2) is 27.4 Å². The molecule has 222 valence electrons. The molecule has 0 heterocycles. The molecule has 0 fully saturated rings. The average molecular weight is 567 g/mol. The van der Waals surface area contributed by atoms with E-state index < -0.39 is 0 Å². The molecular weight excluding hydrogens is 520 g/mol. The van der Waals surface area contributed by atoms with Crippen molar-refractivity contribution in [2.24, 2.45) is 0 Å². The summed E-state index contributed by atoms with van der Waals surface area (Å²) >= 11 is 0. The Labute approximate surface area is 252 Å². The van der Waals surface area contributed by atoms with E-state index in [0.29, 0.717) is 0 Å². The molecule has 4 rings (SSSR count). The van der Waals surface area contributed by atoms with Crippen molar-refractivity contribution in [1.82, 2.24) is 0 Å². The van der Waals surface area contributed by atoms with Crippen LogP contribution in [-0.2, 0) is 0 Å². The molecule has 0 atom stereocenters. The predicted octanol–water partition coefficient (Wildman–Crippen LogP) is 10.4. The molecule has 42 heavy (non-hydrogen) atoms. The molecule has 0 saturated carbocycles. The second-order valence-corrected chi connectivity index (χ2v) is 10.7. The summed E-state index contributed by atoms with van der Waals surface area (Å²) in [5.41, 5.74) is 4.73. The third kappa shape index (κ3) is 10.5. The van der Waals surface area contributed by atoms with E-state index in [1.54, 1.807) is 14.2 Å². The van der Waals surface area contributed by atoms with E-state index in [1.165, 1.54) is 73.6 Å². The summed E-state index contributed by atoms with van der Waals surface area (Å²) in [5, 5.41) is 0. The van der Waals surface area contributed by atoms with Gasteiger partial charge in [-0.15, -0.1) is 0 Å². The van der Waals surface area contributed by atoms with Gasteiger partial charge in [-0.25, -0.2) is 0 Å². The zero-order valence-corrected chi connectivity index (χ0v) is 25.4. The van der Waals surface area contributed by atoms with Crippen molar-refractivity contribution in [3.63, 3.8) is 0 Å². The molecule has 0 amide bonds. The zero-order chi connectivity index (χ0) is 29.2. The lowest BCUT2D eigenvalue weighted by atomic mass is 10.1. The molecule has 4 nitrogen and oxygen atoms in total. The van der Waals surface area contributed by atoms with Gasteiger partial charge in [0.25, 0.3) is 0 Å². The Bertz CT molecular complexity index is 1160. The van der Waals surface area contributed by atoms with Crippen molar-refractivity contribution in [2.45, 2.75) is 64.2 Å². The van der Waals surface area contributed by atoms with E-state index in [9.17, 15) is 0 Å². The van der Waals surface area contributed by atoms with E-state index in [0.717, 1.165) is 49.1 Å². The molecule has 0 unspecified atom stereocenters. The van der Waals surface area contributed by atoms with Crippen LogP contribution in [0.1, 0.15) is 64.2 Å². The highest BCUT2D eigenvalue weighted by Crippen LogP contribution is 2.26. The predicted molar refractivity (Wildman–Crippen MR) is 174 cm³/mol. The first-order valence-electron chi connectivity index (χ1n) is 15.5. The van der Waals surface area contributed by atoms with Crippen molar-refractivity contribution in [3.05, 3.63) is 97.1 Å². The first-order valence-corrected chi connectivity index (χ1v) is 15.5. The molecule has 4 aromatic rings. The molecule has 4 heteroatoms. The van der Waals surface area contributed by atoms with Gasteiger partial charge in [-0.2, -0.15) is 0 Å². The first-order chi connectivity index (χ1) is 20.7. The van der Waals surface area contributed by atoms with E-state index in [1.807, 2.05) is 24.3 Å². The number of ether oxygens (including phenoxy) is 4. The molecule has 0 aliphatic carbocycles. The highest BCUT2D eigenvalue weighted by atomic mass is 16.5. The summed E-state index contributed by atoms with van der Waals surface area (Å²) in [7, 11) is 3.38. The second-order valence-electron chi connectivity index (χ2n) is 10.7. The van der Waals surface area contributed by atoms with Crippen LogP contribution in [0.2, 0.25) is 0 Å². The van der Waals surface area contributed by atoms with Crippen molar-refractivity contribution >= 4 is 0 Å². The molecule has 0 aliphatic rings. The fourth-order valence-electron chi connectivity index (χ4n) is 5.05. The first kappa shape index (κ1) is 31.0. The number of rotatable bonds is 19. The van der Waals surface area contributed by atoms with Gasteiger partial charge in [-0.1, -0.05) is 99.9 Å². The summed E-state index contributed by atoms with van der Waals surface area (Å²) in [6.45, 7) is 1.58. The normalized spacial score (nSPS) is 10.8. The minimum atomic E-state index is 0.788. The Morgan fingerprint density at radius 2 is 0.548 bits per heavy atom. The Hall–Kier alpha value is -3.92. The van der Waals surface area contributed by atoms with Crippen LogP contribution >= 0.6 is 0 Å². The van der Waals surface area contributed by atoms with Crippen LogP contribution in [0.25, 0.3) is 22.3 Å². The molecule has 4 aromatic carbocycles. The zero-order valence-electron chi connectivity index (χ0n) is 25.4. The average Bonchev–Trinajstić information content (AvgIpc) is 3.05. The second kappa shape index (κ2) is 17.8. The Kier molecular flexibility index (Phi) is 13.1. The number of hydrogen-bond donors (Lipinski definition) is 0. The van der Waals surface area contributed by atoms with Gasteiger partial charge in [0.2, 0.25) is 0 Å². The summed E-state index contributed by atoms with van der Waals surface area (Å²) < 4.78 is 22.4. The summed E-state index contributed by atoms with van der Waals surface area (Å²) in [4.78, 5) is 0. The highest BCUT2D eigenvalue weighted by Gasteiger charge is 2.02. The standard InChI is InChI=1S/C38H46O4/c1-39-35-21-13-31(14-22-35)33-17-25-37(26-18-33)41-29-11-9-7-5-3-4-6-8-10-12-30-42-38-27-19-34(20-28-38)32-15-23-36(40-2)24-16-32/h13-28H,3-12,29-30H2,1-2H3. The molecule has 0 N–H and O–H groups in total. The number of methoxy groups -OCH3 is 2. The van der Waals surface area contributed by atoms with Crippen LogP contribution in [0, 0.1) is 0 Å². The minimum absolute atomic E-state index is 0.788. The third-order valence-corrected chi connectivity index (χ3v) is 7.63. The number of hydrogen-bond acceptors (Lipinski definition) is 4. The molecule has 0 radical (unpaired) electrons. The fraction of sp³-hybridized carbons (Fsp3) is 0.368. The van der Waals surface area contributed by atoms with Gasteiger partial charge in [-0.05, 0) is 83.6 Å². The summed E-state index contributed by atoms with van der Waals surface area (Å²) in [5.74, 6) is 3.64. The Morgan fingerprint density at radius 3 is 0.810 bits per heavy atom. The van der Waals surface area contributed by atoms with Crippen molar-refractivity contribution in [2.75, 3.05) is 27.4 Å². The van der Waals surface area contributed by atoms with E-state index in [4.69, 9.17) is 18.9 Å². The van der Waals surface area contributed by atoms with Crippen molar-refractivity contribution < 1.29 is 18.9 Å². The molecule has 0 spiro atoms. The van der Waals surface area contributed by atoms with Crippen LogP contribution in [0.3, 0.4) is 0 Å². The molecule has 0 aliphatic heterocycles. The number of unbranched alkanes of at least 4 members (excludes halogenated alkanes) is 9. The smallest absolute Gasteiger partial charge is 0.119 e. The summed E-state index contributed by atoms with van der Waals surface area (Å²) in [6, 6.07) is 33.0. The Morgan fingerprint density at radius 1 is 0.310 bits per heavy atom. The molecule has 0 bridgehead atoms. The quantitative estimate of drug-likeness (QED) is 0.106. The third-order valence-electron chi connectivity index (χ3n) is 7.63. The summed E-state index contributed by atoms with van der Waals surface area (Å²) in [6.07, 6.45) is 12.6. The molecule has 0 aromatic heterocycles. The monoisotopic (exact) mass is 566 g/mol. The number of benzene rings is 4.